The third-order valence-electron chi connectivity index (χ3n) is 4.75. The van der Waals surface area contributed by atoms with Crippen molar-refractivity contribution in [1.82, 2.24) is 4.90 Å². The summed E-state index contributed by atoms with van der Waals surface area (Å²) in [5, 5.41) is 2.89. The maximum atomic E-state index is 12.9. The molecule has 0 unspecified atom stereocenters. The molecule has 1 N–H and O–H groups in total. The number of rotatable bonds is 6. The highest BCUT2D eigenvalue weighted by Gasteiger charge is 2.21. The maximum Gasteiger partial charge on any atom is 0.255 e. The molecule has 2 aromatic carbocycles. The number of nitrogens with one attached hydrogen (secondary N) is 1. The Kier molecular flexibility index (Phi) is 6.69. The summed E-state index contributed by atoms with van der Waals surface area (Å²) >= 11 is 0. The summed E-state index contributed by atoms with van der Waals surface area (Å²) in [7, 11) is 0. The standard InChI is InChI=1S/C23H28N2O3/c1-17(2)16-28-19-12-10-18(11-13-19)22(26)24-21-9-5-4-8-20(21)23(27)25-14-6-3-7-15-25/h4-5,8-13,17H,3,6-7,14-16H2,1-2H3,(H,24,26). The second-order valence-electron chi connectivity index (χ2n) is 7.58. The van der Waals surface area contributed by atoms with E-state index < -0.39 is 0 Å². The molecule has 3 rings (SSSR count). The number of carbonyl (C=O) groups is 2. The van der Waals surface area contributed by atoms with Crippen LogP contribution in [0.5, 0.6) is 5.75 Å². The van der Waals surface area contributed by atoms with E-state index in [0.29, 0.717) is 29.3 Å². The first-order chi connectivity index (χ1) is 13.5. The van der Waals surface area contributed by atoms with E-state index in [1.165, 1.54) is 6.42 Å². The minimum Gasteiger partial charge on any atom is -0.493 e. The van der Waals surface area contributed by atoms with Crippen molar-refractivity contribution in [3.05, 3.63) is 59.7 Å². The van der Waals surface area contributed by atoms with Crippen LogP contribution in [0.25, 0.3) is 0 Å². The summed E-state index contributed by atoms with van der Waals surface area (Å²) in [5.74, 6) is 0.921. The normalized spacial score (nSPS) is 14.0. The molecular formula is C23H28N2O3. The van der Waals surface area contributed by atoms with E-state index in [4.69, 9.17) is 4.74 Å². The van der Waals surface area contributed by atoms with E-state index in [0.717, 1.165) is 31.7 Å². The zero-order valence-electron chi connectivity index (χ0n) is 16.6. The molecular weight excluding hydrogens is 352 g/mol. The number of hydrogen-bond acceptors (Lipinski definition) is 3. The largest absolute Gasteiger partial charge is 0.493 e. The Morgan fingerprint density at radius 3 is 2.36 bits per heavy atom. The molecule has 5 heteroatoms. The first kappa shape index (κ1) is 19.9. The molecule has 0 aromatic heterocycles. The summed E-state index contributed by atoms with van der Waals surface area (Å²) in [6, 6.07) is 14.3. The zero-order chi connectivity index (χ0) is 19.9. The van der Waals surface area contributed by atoms with Gasteiger partial charge in [-0.2, -0.15) is 0 Å². The zero-order valence-corrected chi connectivity index (χ0v) is 16.6. The number of likely N-dealkylation sites (tertiary alicyclic amines) is 1. The molecule has 0 radical (unpaired) electrons. The summed E-state index contributed by atoms with van der Waals surface area (Å²) in [6.07, 6.45) is 3.23. The van der Waals surface area contributed by atoms with Crippen LogP contribution in [0.15, 0.2) is 48.5 Å². The van der Waals surface area contributed by atoms with Crippen LogP contribution in [0.4, 0.5) is 5.69 Å². The minimum atomic E-state index is -0.241. The molecule has 2 aromatic rings. The van der Waals surface area contributed by atoms with Gasteiger partial charge >= 0.3 is 0 Å². The van der Waals surface area contributed by atoms with E-state index in [9.17, 15) is 9.59 Å². The fourth-order valence-electron chi connectivity index (χ4n) is 3.21. The third kappa shape index (κ3) is 5.12. The smallest absolute Gasteiger partial charge is 0.255 e. The lowest BCUT2D eigenvalue weighted by molar-refractivity contribution is 0.0725. The van der Waals surface area contributed by atoms with Gasteiger partial charge in [-0.3, -0.25) is 9.59 Å². The molecule has 2 amide bonds. The van der Waals surface area contributed by atoms with E-state index in [-0.39, 0.29) is 11.8 Å². The van der Waals surface area contributed by atoms with Gasteiger partial charge in [-0.05, 0) is 61.6 Å². The van der Waals surface area contributed by atoms with Crippen LogP contribution >= 0.6 is 0 Å². The second kappa shape index (κ2) is 9.40. The van der Waals surface area contributed by atoms with Gasteiger partial charge in [0.2, 0.25) is 0 Å². The number of anilines is 1. The maximum absolute atomic E-state index is 12.9. The van der Waals surface area contributed by atoms with Crippen LogP contribution in [0.3, 0.4) is 0 Å². The average molecular weight is 380 g/mol. The van der Waals surface area contributed by atoms with Crippen molar-refractivity contribution in [3.8, 4) is 5.75 Å². The second-order valence-corrected chi connectivity index (χ2v) is 7.58. The van der Waals surface area contributed by atoms with Crippen LogP contribution in [-0.2, 0) is 0 Å². The average Bonchev–Trinajstić information content (AvgIpc) is 2.73. The Morgan fingerprint density at radius 1 is 1.00 bits per heavy atom. The fourth-order valence-corrected chi connectivity index (χ4v) is 3.21. The number of benzene rings is 2. The van der Waals surface area contributed by atoms with Crippen molar-refractivity contribution < 1.29 is 14.3 Å². The van der Waals surface area contributed by atoms with Crippen LogP contribution < -0.4 is 10.1 Å². The predicted octanol–water partition coefficient (Wildman–Crippen LogP) is 4.60. The number of piperidine rings is 1. The molecule has 5 nitrogen and oxygen atoms in total. The van der Waals surface area contributed by atoms with Gasteiger partial charge in [0, 0.05) is 18.7 Å². The molecule has 0 atom stereocenters. The number of para-hydroxylation sites is 1. The van der Waals surface area contributed by atoms with Gasteiger partial charge in [-0.25, -0.2) is 0 Å². The van der Waals surface area contributed by atoms with Crippen molar-refractivity contribution in [2.24, 2.45) is 5.92 Å². The van der Waals surface area contributed by atoms with Crippen molar-refractivity contribution in [2.75, 3.05) is 25.0 Å². The Morgan fingerprint density at radius 2 is 1.68 bits per heavy atom. The Labute approximate surface area is 166 Å². The van der Waals surface area contributed by atoms with Crippen LogP contribution in [0.1, 0.15) is 53.8 Å². The van der Waals surface area contributed by atoms with Crippen molar-refractivity contribution in [3.63, 3.8) is 0 Å². The van der Waals surface area contributed by atoms with Crippen LogP contribution in [0, 0.1) is 5.92 Å². The van der Waals surface area contributed by atoms with Crippen molar-refractivity contribution in [1.29, 1.82) is 0 Å². The fraction of sp³-hybridized carbons (Fsp3) is 0.391. The number of nitrogens with zero attached hydrogens (tertiary/aromatic N) is 1. The first-order valence-electron chi connectivity index (χ1n) is 9.97. The van der Waals surface area contributed by atoms with Crippen molar-refractivity contribution >= 4 is 17.5 Å². The molecule has 1 saturated heterocycles. The number of hydrogen-bond donors (Lipinski definition) is 1. The van der Waals surface area contributed by atoms with Gasteiger partial charge in [-0.1, -0.05) is 26.0 Å². The molecule has 1 aliphatic heterocycles. The highest BCUT2D eigenvalue weighted by molar-refractivity contribution is 6.09. The van der Waals surface area contributed by atoms with E-state index in [2.05, 4.69) is 19.2 Å². The molecule has 1 heterocycles. The minimum absolute atomic E-state index is 0.0203. The van der Waals surface area contributed by atoms with E-state index >= 15 is 0 Å². The quantitative estimate of drug-likeness (QED) is 0.797. The van der Waals surface area contributed by atoms with Gasteiger partial charge in [0.1, 0.15) is 5.75 Å². The highest BCUT2D eigenvalue weighted by atomic mass is 16.5. The summed E-state index contributed by atoms with van der Waals surface area (Å²) in [4.78, 5) is 27.4. The third-order valence-corrected chi connectivity index (χ3v) is 4.75. The molecule has 0 aliphatic carbocycles. The van der Waals surface area contributed by atoms with Gasteiger partial charge < -0.3 is 15.0 Å². The predicted molar refractivity (Wildman–Crippen MR) is 111 cm³/mol. The summed E-state index contributed by atoms with van der Waals surface area (Å²) < 4.78 is 5.66. The Hall–Kier alpha value is -2.82. The van der Waals surface area contributed by atoms with Gasteiger partial charge in [0.25, 0.3) is 11.8 Å². The monoisotopic (exact) mass is 380 g/mol. The lowest BCUT2D eigenvalue weighted by Gasteiger charge is -2.27. The summed E-state index contributed by atoms with van der Waals surface area (Å²) in [6.45, 7) is 6.37. The molecule has 1 aliphatic rings. The Bertz CT molecular complexity index is 809. The topological polar surface area (TPSA) is 58.6 Å². The number of carbonyl (C=O) groups excluding carboxylic acids is 2. The highest BCUT2D eigenvalue weighted by Crippen LogP contribution is 2.21. The van der Waals surface area contributed by atoms with E-state index in [1.807, 2.05) is 17.0 Å². The lowest BCUT2D eigenvalue weighted by Crippen LogP contribution is -2.36. The molecule has 0 bridgehead atoms. The van der Waals surface area contributed by atoms with Gasteiger partial charge in [-0.15, -0.1) is 0 Å². The molecule has 28 heavy (non-hydrogen) atoms. The van der Waals surface area contributed by atoms with Crippen LogP contribution in [0.2, 0.25) is 0 Å². The van der Waals surface area contributed by atoms with Gasteiger partial charge in [0.05, 0.1) is 17.9 Å². The number of amides is 2. The number of ether oxygens (including phenoxy) is 1. The molecule has 1 fully saturated rings. The summed E-state index contributed by atoms with van der Waals surface area (Å²) in [5.41, 5.74) is 1.61. The van der Waals surface area contributed by atoms with Crippen molar-refractivity contribution in [2.45, 2.75) is 33.1 Å². The van der Waals surface area contributed by atoms with Gasteiger partial charge in [0.15, 0.2) is 0 Å². The lowest BCUT2D eigenvalue weighted by atomic mass is 10.1. The first-order valence-corrected chi connectivity index (χ1v) is 9.97. The van der Waals surface area contributed by atoms with E-state index in [1.54, 1.807) is 36.4 Å². The SMILES string of the molecule is CC(C)COc1ccc(C(=O)Nc2ccccc2C(=O)N2CCCCC2)cc1. The molecule has 0 saturated carbocycles. The molecule has 148 valence electrons. The van der Waals surface area contributed by atoms with Crippen LogP contribution in [-0.4, -0.2) is 36.4 Å². The Balaban J connectivity index is 1.69. The molecule has 0 spiro atoms.